The van der Waals surface area contributed by atoms with Crippen molar-refractivity contribution in [2.75, 3.05) is 13.7 Å². The van der Waals surface area contributed by atoms with Gasteiger partial charge in [0.25, 0.3) is 0 Å². The summed E-state index contributed by atoms with van der Waals surface area (Å²) in [6, 6.07) is 7.78. The molecule has 2 rings (SSSR count). The van der Waals surface area contributed by atoms with Gasteiger partial charge in [0.15, 0.2) is 0 Å². The molecule has 0 radical (unpaired) electrons. The van der Waals surface area contributed by atoms with Crippen LogP contribution in [0.1, 0.15) is 24.5 Å². The maximum Gasteiger partial charge on any atom is 0.0812 e. The largest absolute Gasteiger partial charge is 0.388 e. The van der Waals surface area contributed by atoms with Crippen LogP contribution in [0.15, 0.2) is 34.9 Å². The van der Waals surface area contributed by atoms with Crippen LogP contribution in [0.2, 0.25) is 0 Å². The molecule has 0 aliphatic rings. The van der Waals surface area contributed by atoms with Crippen molar-refractivity contribution in [3.63, 3.8) is 0 Å². The van der Waals surface area contributed by atoms with Gasteiger partial charge < -0.3 is 9.84 Å². The number of nitrogens with zero attached hydrogens (tertiary/aromatic N) is 1. The number of hydrogen-bond acceptors (Lipinski definition) is 3. The van der Waals surface area contributed by atoms with Gasteiger partial charge in [0.1, 0.15) is 0 Å². The smallest absolute Gasteiger partial charge is 0.0812 e. The molecule has 1 heterocycles. The molecule has 1 unspecified atom stereocenters. The number of hydrogen-bond donors (Lipinski definition) is 1. The van der Waals surface area contributed by atoms with Crippen LogP contribution < -0.4 is 0 Å². The van der Waals surface area contributed by atoms with E-state index in [2.05, 4.69) is 20.9 Å². The predicted octanol–water partition coefficient (Wildman–Crippen LogP) is 3.46. The van der Waals surface area contributed by atoms with Crippen molar-refractivity contribution in [1.29, 1.82) is 0 Å². The number of rotatable bonds is 5. The number of ether oxygens (including phenoxy) is 1. The second-order valence-corrected chi connectivity index (χ2v) is 5.04. The summed E-state index contributed by atoms with van der Waals surface area (Å²) in [5.41, 5.74) is 1.74. The van der Waals surface area contributed by atoms with Gasteiger partial charge in [-0.1, -0.05) is 28.1 Å². The van der Waals surface area contributed by atoms with Gasteiger partial charge in [-0.2, -0.15) is 0 Å². The molecule has 0 saturated carbocycles. The average molecular weight is 310 g/mol. The van der Waals surface area contributed by atoms with Crippen LogP contribution in [0.5, 0.6) is 0 Å². The van der Waals surface area contributed by atoms with E-state index in [1.165, 1.54) is 0 Å². The summed E-state index contributed by atoms with van der Waals surface area (Å²) in [5.74, 6) is 0. The monoisotopic (exact) mass is 309 g/mol. The minimum absolute atomic E-state index is 0.495. The van der Waals surface area contributed by atoms with Crippen LogP contribution >= 0.6 is 15.9 Å². The van der Waals surface area contributed by atoms with Crippen molar-refractivity contribution < 1.29 is 9.84 Å². The van der Waals surface area contributed by atoms with Gasteiger partial charge in [0.05, 0.1) is 11.6 Å². The highest BCUT2D eigenvalue weighted by molar-refractivity contribution is 9.10. The van der Waals surface area contributed by atoms with E-state index >= 15 is 0 Å². The van der Waals surface area contributed by atoms with Crippen molar-refractivity contribution in [1.82, 2.24) is 4.98 Å². The lowest BCUT2D eigenvalue weighted by molar-refractivity contribution is 0.137. The summed E-state index contributed by atoms with van der Waals surface area (Å²) in [5, 5.41) is 11.3. The first-order chi connectivity index (χ1) is 8.74. The number of pyridine rings is 1. The number of fused-ring (bicyclic) bond motifs is 1. The number of methoxy groups -OCH3 is 1. The van der Waals surface area contributed by atoms with E-state index in [1.807, 2.05) is 24.3 Å². The van der Waals surface area contributed by atoms with E-state index in [0.29, 0.717) is 13.0 Å². The van der Waals surface area contributed by atoms with Crippen LogP contribution in [0, 0.1) is 0 Å². The normalized spacial score (nSPS) is 12.8. The maximum atomic E-state index is 10.2. The SMILES string of the molecule is COCCCC(O)c1ccc(Br)c2cccnc12. The molecule has 4 heteroatoms. The molecule has 0 saturated heterocycles. The minimum atomic E-state index is -0.495. The summed E-state index contributed by atoms with van der Waals surface area (Å²) >= 11 is 3.50. The lowest BCUT2D eigenvalue weighted by Gasteiger charge is -2.13. The predicted molar refractivity (Wildman–Crippen MR) is 75.5 cm³/mol. The second kappa shape index (κ2) is 6.27. The standard InChI is InChI=1S/C14H16BrNO2/c1-18-9-3-5-13(17)11-6-7-12(15)10-4-2-8-16-14(10)11/h2,4,6-8,13,17H,3,5,9H2,1H3. The summed E-state index contributed by atoms with van der Waals surface area (Å²) in [6.45, 7) is 0.666. The molecule has 0 bridgehead atoms. The van der Waals surface area contributed by atoms with Crippen molar-refractivity contribution in [2.24, 2.45) is 0 Å². The molecular formula is C14H16BrNO2. The number of halogens is 1. The lowest BCUT2D eigenvalue weighted by atomic mass is 10.0. The first-order valence-electron chi connectivity index (χ1n) is 5.94. The van der Waals surface area contributed by atoms with Gasteiger partial charge in [-0.05, 0) is 25.0 Å². The zero-order valence-electron chi connectivity index (χ0n) is 10.3. The number of benzene rings is 1. The molecular weight excluding hydrogens is 294 g/mol. The summed E-state index contributed by atoms with van der Waals surface area (Å²) in [7, 11) is 1.67. The average Bonchev–Trinajstić information content (AvgIpc) is 2.39. The summed E-state index contributed by atoms with van der Waals surface area (Å²) in [4.78, 5) is 4.37. The minimum Gasteiger partial charge on any atom is -0.388 e. The summed E-state index contributed by atoms with van der Waals surface area (Å²) in [6.07, 6.45) is 2.77. The molecule has 0 aliphatic carbocycles. The first kappa shape index (κ1) is 13.5. The van der Waals surface area contributed by atoms with Gasteiger partial charge in [-0.3, -0.25) is 4.98 Å². The van der Waals surface area contributed by atoms with Gasteiger partial charge in [-0.15, -0.1) is 0 Å². The van der Waals surface area contributed by atoms with Crippen LogP contribution in [-0.4, -0.2) is 23.8 Å². The van der Waals surface area contributed by atoms with E-state index in [4.69, 9.17) is 4.74 Å². The molecule has 0 amide bonds. The zero-order chi connectivity index (χ0) is 13.0. The molecule has 1 aromatic carbocycles. The zero-order valence-corrected chi connectivity index (χ0v) is 11.9. The van der Waals surface area contributed by atoms with Crippen molar-refractivity contribution >= 4 is 26.8 Å². The maximum absolute atomic E-state index is 10.2. The number of aromatic nitrogens is 1. The van der Waals surface area contributed by atoms with E-state index < -0.39 is 6.10 Å². The van der Waals surface area contributed by atoms with Crippen molar-refractivity contribution in [2.45, 2.75) is 18.9 Å². The van der Waals surface area contributed by atoms with Crippen LogP contribution in [-0.2, 0) is 4.74 Å². The summed E-state index contributed by atoms with van der Waals surface area (Å²) < 4.78 is 6.00. The third-order valence-electron chi connectivity index (χ3n) is 2.93. The molecule has 2 aromatic rings. The van der Waals surface area contributed by atoms with Crippen LogP contribution in [0.4, 0.5) is 0 Å². The number of aliphatic hydroxyl groups is 1. The Hall–Kier alpha value is -0.970. The fourth-order valence-corrected chi connectivity index (χ4v) is 2.46. The molecule has 1 N–H and O–H groups in total. The fourth-order valence-electron chi connectivity index (χ4n) is 2.01. The van der Waals surface area contributed by atoms with Gasteiger partial charge in [0, 0.05) is 35.3 Å². The molecule has 0 fully saturated rings. The molecule has 18 heavy (non-hydrogen) atoms. The van der Waals surface area contributed by atoms with E-state index in [-0.39, 0.29) is 0 Å². The third kappa shape index (κ3) is 2.88. The molecule has 1 atom stereocenters. The quantitative estimate of drug-likeness (QED) is 0.860. The van der Waals surface area contributed by atoms with Crippen LogP contribution in [0.3, 0.4) is 0 Å². The lowest BCUT2D eigenvalue weighted by Crippen LogP contribution is -2.01. The van der Waals surface area contributed by atoms with Gasteiger partial charge >= 0.3 is 0 Å². The molecule has 96 valence electrons. The molecule has 0 spiro atoms. The number of aliphatic hydroxyl groups excluding tert-OH is 1. The van der Waals surface area contributed by atoms with E-state index in [9.17, 15) is 5.11 Å². The Morgan fingerprint density at radius 1 is 1.39 bits per heavy atom. The van der Waals surface area contributed by atoms with Crippen molar-refractivity contribution in [3.8, 4) is 0 Å². The van der Waals surface area contributed by atoms with E-state index in [1.54, 1.807) is 13.3 Å². The van der Waals surface area contributed by atoms with Gasteiger partial charge in [-0.25, -0.2) is 0 Å². The molecule has 3 nitrogen and oxygen atoms in total. The Balaban J connectivity index is 2.30. The van der Waals surface area contributed by atoms with Gasteiger partial charge in [0.2, 0.25) is 0 Å². The highest BCUT2D eigenvalue weighted by Gasteiger charge is 2.13. The Labute approximate surface area is 115 Å². The highest BCUT2D eigenvalue weighted by Crippen LogP contribution is 2.30. The first-order valence-corrected chi connectivity index (χ1v) is 6.73. The molecule has 0 aliphatic heterocycles. The Morgan fingerprint density at radius 3 is 3.00 bits per heavy atom. The highest BCUT2D eigenvalue weighted by atomic mass is 79.9. The molecule has 1 aromatic heterocycles. The Bertz CT molecular complexity index is 530. The Kier molecular flexibility index (Phi) is 4.69. The Morgan fingerprint density at radius 2 is 2.22 bits per heavy atom. The van der Waals surface area contributed by atoms with Crippen molar-refractivity contribution in [3.05, 3.63) is 40.5 Å². The fraction of sp³-hybridized carbons (Fsp3) is 0.357. The van der Waals surface area contributed by atoms with Crippen LogP contribution in [0.25, 0.3) is 10.9 Å². The topological polar surface area (TPSA) is 42.4 Å². The second-order valence-electron chi connectivity index (χ2n) is 4.19. The third-order valence-corrected chi connectivity index (χ3v) is 3.62. The van der Waals surface area contributed by atoms with E-state index in [0.717, 1.165) is 27.4 Å².